The van der Waals surface area contributed by atoms with Crippen molar-refractivity contribution in [3.05, 3.63) is 34.9 Å². The number of rotatable bonds is 4. The van der Waals surface area contributed by atoms with Crippen LogP contribution in [-0.2, 0) is 4.74 Å². The smallest absolute Gasteiger partial charge is 0.188 e. The third-order valence-corrected chi connectivity index (χ3v) is 2.24. The molecule has 0 spiro atoms. The molecule has 0 atom stereocenters. The maximum Gasteiger partial charge on any atom is 0.188 e. The molecule has 0 aromatic heterocycles. The first-order valence-corrected chi connectivity index (χ1v) is 5.22. The third-order valence-electron chi connectivity index (χ3n) is 2.24. The van der Waals surface area contributed by atoms with Gasteiger partial charge in [-0.15, -0.1) is 0 Å². The summed E-state index contributed by atoms with van der Waals surface area (Å²) < 4.78 is 5.30. The van der Waals surface area contributed by atoms with E-state index < -0.39 is 0 Å². The molecule has 0 radical (unpaired) electrons. The average molecular weight is 206 g/mol. The van der Waals surface area contributed by atoms with Crippen LogP contribution in [0.15, 0.2) is 18.2 Å². The summed E-state index contributed by atoms with van der Waals surface area (Å²) in [6.45, 7) is 7.95. The molecule has 15 heavy (non-hydrogen) atoms. The van der Waals surface area contributed by atoms with Gasteiger partial charge in [-0.3, -0.25) is 4.79 Å². The van der Waals surface area contributed by atoms with Crippen molar-refractivity contribution < 1.29 is 9.53 Å². The first-order chi connectivity index (χ1) is 7.00. The van der Waals surface area contributed by atoms with Crippen LogP contribution in [0.4, 0.5) is 0 Å². The van der Waals surface area contributed by atoms with E-state index in [1.54, 1.807) is 0 Å². The first kappa shape index (κ1) is 11.9. The Hall–Kier alpha value is -1.15. The number of carbonyl (C=O) groups is 1. The largest absolute Gasteiger partial charge is 0.371 e. The van der Waals surface area contributed by atoms with Crippen LogP contribution in [0.25, 0.3) is 0 Å². The van der Waals surface area contributed by atoms with Crippen LogP contribution < -0.4 is 0 Å². The van der Waals surface area contributed by atoms with Gasteiger partial charge >= 0.3 is 0 Å². The fraction of sp³-hybridized carbons (Fsp3) is 0.462. The Kier molecular flexibility index (Phi) is 4.04. The molecule has 1 aromatic carbocycles. The van der Waals surface area contributed by atoms with E-state index in [9.17, 15) is 4.79 Å². The van der Waals surface area contributed by atoms with Crippen molar-refractivity contribution in [2.75, 3.05) is 6.61 Å². The quantitative estimate of drug-likeness (QED) is 0.708. The predicted octanol–water partition coefficient (Wildman–Crippen LogP) is 2.91. The average Bonchev–Trinajstić information content (AvgIpc) is 2.18. The summed E-state index contributed by atoms with van der Waals surface area (Å²) in [6, 6.07) is 5.90. The molecule has 2 nitrogen and oxygen atoms in total. The van der Waals surface area contributed by atoms with Gasteiger partial charge in [0.05, 0.1) is 6.10 Å². The van der Waals surface area contributed by atoms with Gasteiger partial charge in [-0.1, -0.05) is 17.7 Å². The van der Waals surface area contributed by atoms with Crippen LogP contribution in [0, 0.1) is 13.8 Å². The first-order valence-electron chi connectivity index (χ1n) is 5.22. The zero-order valence-electron chi connectivity index (χ0n) is 9.83. The topological polar surface area (TPSA) is 26.3 Å². The molecule has 1 rings (SSSR count). The number of carbonyl (C=O) groups excluding carboxylic acids is 1. The van der Waals surface area contributed by atoms with Crippen LogP contribution in [0.3, 0.4) is 0 Å². The van der Waals surface area contributed by atoms with E-state index in [1.807, 2.05) is 45.9 Å². The molecule has 2 heteroatoms. The van der Waals surface area contributed by atoms with Gasteiger partial charge in [-0.05, 0) is 39.3 Å². The maximum atomic E-state index is 11.8. The lowest BCUT2D eigenvalue weighted by atomic mass is 10.0. The molecule has 0 aliphatic rings. The monoisotopic (exact) mass is 206 g/mol. The standard InChI is InChI=1S/C13H18O2/c1-9(2)15-8-13(14)12-7-10(3)5-6-11(12)4/h5-7,9H,8H2,1-4H3. The Morgan fingerprint density at radius 2 is 2.00 bits per heavy atom. The fourth-order valence-electron chi connectivity index (χ4n) is 1.36. The molecule has 1 aromatic rings. The van der Waals surface area contributed by atoms with E-state index >= 15 is 0 Å². The minimum Gasteiger partial charge on any atom is -0.371 e. The summed E-state index contributed by atoms with van der Waals surface area (Å²) in [5.74, 6) is 0.0601. The Labute approximate surface area is 91.3 Å². The molecular formula is C13H18O2. The van der Waals surface area contributed by atoms with Crippen LogP contribution in [0.1, 0.15) is 35.3 Å². The second kappa shape index (κ2) is 5.08. The van der Waals surface area contributed by atoms with Gasteiger partial charge in [-0.25, -0.2) is 0 Å². The summed E-state index contributed by atoms with van der Waals surface area (Å²) in [5.41, 5.74) is 2.89. The van der Waals surface area contributed by atoms with Crippen LogP contribution in [-0.4, -0.2) is 18.5 Å². The van der Waals surface area contributed by atoms with Crippen molar-refractivity contribution in [3.8, 4) is 0 Å². The van der Waals surface area contributed by atoms with Crippen molar-refractivity contribution in [3.63, 3.8) is 0 Å². The summed E-state index contributed by atoms with van der Waals surface area (Å²) in [4.78, 5) is 11.8. The van der Waals surface area contributed by atoms with Gasteiger partial charge in [0.15, 0.2) is 5.78 Å². The van der Waals surface area contributed by atoms with Crippen molar-refractivity contribution in [1.29, 1.82) is 0 Å². The van der Waals surface area contributed by atoms with Crippen molar-refractivity contribution >= 4 is 5.78 Å². The summed E-state index contributed by atoms with van der Waals surface area (Å²) in [6.07, 6.45) is 0.0964. The second-order valence-electron chi connectivity index (χ2n) is 4.10. The number of ketones is 1. The molecule has 0 heterocycles. The number of Topliss-reactive ketones (excluding diaryl/α,β-unsaturated/α-hetero) is 1. The highest BCUT2D eigenvalue weighted by atomic mass is 16.5. The van der Waals surface area contributed by atoms with E-state index in [1.165, 1.54) is 0 Å². The van der Waals surface area contributed by atoms with E-state index in [0.29, 0.717) is 0 Å². The molecule has 82 valence electrons. The lowest BCUT2D eigenvalue weighted by molar-refractivity contribution is 0.0584. The van der Waals surface area contributed by atoms with Crippen LogP contribution >= 0.6 is 0 Å². The molecule has 0 saturated heterocycles. The minimum atomic E-state index is 0.0601. The van der Waals surface area contributed by atoms with Gasteiger partial charge in [0.25, 0.3) is 0 Å². The lowest BCUT2D eigenvalue weighted by Crippen LogP contribution is -2.14. The second-order valence-corrected chi connectivity index (χ2v) is 4.10. The van der Waals surface area contributed by atoms with E-state index in [-0.39, 0.29) is 18.5 Å². The van der Waals surface area contributed by atoms with Crippen molar-refractivity contribution in [1.82, 2.24) is 0 Å². The lowest BCUT2D eigenvalue weighted by Gasteiger charge is -2.09. The van der Waals surface area contributed by atoms with Gasteiger partial charge < -0.3 is 4.74 Å². The Morgan fingerprint density at radius 1 is 1.33 bits per heavy atom. The molecule has 0 N–H and O–H groups in total. The van der Waals surface area contributed by atoms with Gasteiger partial charge in [0, 0.05) is 5.56 Å². The van der Waals surface area contributed by atoms with Gasteiger partial charge in [0.1, 0.15) is 6.61 Å². The van der Waals surface area contributed by atoms with E-state index in [4.69, 9.17) is 4.74 Å². The summed E-state index contributed by atoms with van der Waals surface area (Å²) in [7, 11) is 0. The minimum absolute atomic E-state index is 0.0601. The highest BCUT2D eigenvalue weighted by Crippen LogP contribution is 2.11. The maximum absolute atomic E-state index is 11.8. The summed E-state index contributed by atoms with van der Waals surface area (Å²) >= 11 is 0. The molecule has 0 aliphatic heterocycles. The van der Waals surface area contributed by atoms with Crippen molar-refractivity contribution in [2.45, 2.75) is 33.8 Å². The number of hydrogen-bond acceptors (Lipinski definition) is 2. The van der Waals surface area contributed by atoms with Crippen molar-refractivity contribution in [2.24, 2.45) is 0 Å². The highest BCUT2D eigenvalue weighted by Gasteiger charge is 2.09. The SMILES string of the molecule is Cc1ccc(C)c(C(=O)COC(C)C)c1. The van der Waals surface area contributed by atoms with Crippen LogP contribution in [0.2, 0.25) is 0 Å². The molecule has 0 amide bonds. The number of aryl methyl sites for hydroxylation is 2. The van der Waals surface area contributed by atoms with Crippen LogP contribution in [0.5, 0.6) is 0 Å². The Bertz CT molecular complexity index is 354. The third kappa shape index (κ3) is 3.48. The van der Waals surface area contributed by atoms with E-state index in [0.717, 1.165) is 16.7 Å². The summed E-state index contributed by atoms with van der Waals surface area (Å²) in [5, 5.41) is 0. The Balaban J connectivity index is 2.77. The van der Waals surface area contributed by atoms with Gasteiger partial charge in [-0.2, -0.15) is 0 Å². The predicted molar refractivity (Wildman–Crippen MR) is 61.3 cm³/mol. The normalized spacial score (nSPS) is 10.7. The zero-order valence-corrected chi connectivity index (χ0v) is 9.83. The zero-order chi connectivity index (χ0) is 11.4. The molecular weight excluding hydrogens is 188 g/mol. The molecule has 0 saturated carbocycles. The van der Waals surface area contributed by atoms with E-state index in [2.05, 4.69) is 0 Å². The molecule has 0 fully saturated rings. The number of ether oxygens (including phenoxy) is 1. The number of hydrogen-bond donors (Lipinski definition) is 0. The Morgan fingerprint density at radius 3 is 2.60 bits per heavy atom. The fourth-order valence-corrected chi connectivity index (χ4v) is 1.36. The van der Waals surface area contributed by atoms with Gasteiger partial charge in [0.2, 0.25) is 0 Å². The number of benzene rings is 1. The molecule has 0 aliphatic carbocycles. The molecule has 0 unspecified atom stereocenters. The highest BCUT2D eigenvalue weighted by molar-refractivity contribution is 5.98. The molecule has 0 bridgehead atoms.